The van der Waals surface area contributed by atoms with Gasteiger partial charge in [-0.1, -0.05) is 0 Å². The average molecular weight is 235 g/mol. The molecule has 0 fully saturated rings. The van der Waals surface area contributed by atoms with Crippen molar-refractivity contribution in [1.29, 1.82) is 0 Å². The van der Waals surface area contributed by atoms with E-state index in [2.05, 4.69) is 4.98 Å². The third-order valence-electron chi connectivity index (χ3n) is 2.36. The van der Waals surface area contributed by atoms with Crippen LogP contribution in [0.15, 0.2) is 35.3 Å². The third kappa shape index (κ3) is 2.59. The highest BCUT2D eigenvalue weighted by Crippen LogP contribution is 2.21. The molecule has 3 nitrogen and oxygen atoms in total. The minimum Gasteiger partial charge on any atom is -0.495 e. The Hall–Kier alpha value is -1.39. The number of methoxy groups -OCH3 is 1. The van der Waals surface area contributed by atoms with Gasteiger partial charge in [0, 0.05) is 18.2 Å². The largest absolute Gasteiger partial charge is 0.495 e. The summed E-state index contributed by atoms with van der Waals surface area (Å²) in [4.78, 5) is 4.02. The number of rotatable bonds is 4. The molecule has 0 aliphatic rings. The van der Waals surface area contributed by atoms with Crippen molar-refractivity contribution in [3.05, 3.63) is 46.4 Å². The van der Waals surface area contributed by atoms with Gasteiger partial charge in [0.1, 0.15) is 5.75 Å². The molecule has 0 spiro atoms. The van der Waals surface area contributed by atoms with Crippen LogP contribution >= 0.6 is 11.3 Å². The Bertz CT molecular complexity index is 442. The van der Waals surface area contributed by atoms with E-state index < -0.39 is 6.10 Å². The molecule has 0 bridgehead atoms. The molecule has 2 aromatic heterocycles. The summed E-state index contributed by atoms with van der Waals surface area (Å²) in [5.41, 5.74) is 1.92. The van der Waals surface area contributed by atoms with Crippen LogP contribution in [0.3, 0.4) is 0 Å². The van der Waals surface area contributed by atoms with Crippen LogP contribution in [0.5, 0.6) is 5.75 Å². The second-order valence-corrected chi connectivity index (χ2v) is 4.29. The number of hydrogen-bond donors (Lipinski definition) is 1. The Morgan fingerprint density at radius 1 is 1.50 bits per heavy atom. The van der Waals surface area contributed by atoms with Gasteiger partial charge in [-0.25, -0.2) is 0 Å². The first-order chi connectivity index (χ1) is 7.79. The first kappa shape index (κ1) is 11.1. The zero-order chi connectivity index (χ0) is 11.4. The van der Waals surface area contributed by atoms with E-state index in [1.165, 1.54) is 0 Å². The van der Waals surface area contributed by atoms with E-state index in [1.807, 2.05) is 22.9 Å². The smallest absolute Gasteiger partial charge is 0.137 e. The van der Waals surface area contributed by atoms with Crippen LogP contribution in [0.2, 0.25) is 0 Å². The summed E-state index contributed by atoms with van der Waals surface area (Å²) in [5, 5.41) is 14.1. The van der Waals surface area contributed by atoms with E-state index in [0.29, 0.717) is 12.2 Å². The lowest BCUT2D eigenvalue weighted by molar-refractivity contribution is 0.177. The Kier molecular flexibility index (Phi) is 3.54. The van der Waals surface area contributed by atoms with Crippen molar-refractivity contribution in [1.82, 2.24) is 4.98 Å². The van der Waals surface area contributed by atoms with Crippen molar-refractivity contribution < 1.29 is 9.84 Å². The van der Waals surface area contributed by atoms with E-state index in [4.69, 9.17) is 4.74 Å². The van der Waals surface area contributed by atoms with Crippen LogP contribution in [0.1, 0.15) is 17.2 Å². The van der Waals surface area contributed by atoms with Gasteiger partial charge < -0.3 is 9.84 Å². The zero-order valence-electron chi connectivity index (χ0n) is 8.96. The third-order valence-corrected chi connectivity index (χ3v) is 3.10. The molecule has 1 atom stereocenters. The van der Waals surface area contributed by atoms with E-state index in [9.17, 15) is 5.11 Å². The van der Waals surface area contributed by atoms with Crippen LogP contribution in [0.25, 0.3) is 0 Å². The van der Waals surface area contributed by atoms with E-state index in [0.717, 1.165) is 11.1 Å². The predicted octanol–water partition coefficient (Wildman–Crippen LogP) is 2.43. The van der Waals surface area contributed by atoms with Crippen molar-refractivity contribution in [2.75, 3.05) is 7.11 Å². The minimum absolute atomic E-state index is 0.530. The Balaban J connectivity index is 2.11. The first-order valence-electron chi connectivity index (χ1n) is 4.97. The molecule has 1 unspecified atom stereocenters. The summed E-state index contributed by atoms with van der Waals surface area (Å²) in [5.74, 6) is 0.668. The fraction of sp³-hybridized carbons (Fsp3) is 0.250. The highest BCUT2D eigenvalue weighted by atomic mass is 32.1. The van der Waals surface area contributed by atoms with Crippen LogP contribution in [-0.4, -0.2) is 17.2 Å². The summed E-state index contributed by atoms with van der Waals surface area (Å²) >= 11 is 1.63. The molecule has 0 amide bonds. The summed E-state index contributed by atoms with van der Waals surface area (Å²) in [6, 6.07) is 3.82. The van der Waals surface area contributed by atoms with Gasteiger partial charge in [-0.2, -0.15) is 11.3 Å². The van der Waals surface area contributed by atoms with Crippen LogP contribution < -0.4 is 4.74 Å². The fourth-order valence-corrected chi connectivity index (χ4v) is 2.16. The molecule has 0 aliphatic heterocycles. The molecule has 1 N–H and O–H groups in total. The zero-order valence-corrected chi connectivity index (χ0v) is 9.78. The van der Waals surface area contributed by atoms with E-state index >= 15 is 0 Å². The lowest BCUT2D eigenvalue weighted by Gasteiger charge is -2.10. The first-order valence-corrected chi connectivity index (χ1v) is 5.92. The summed E-state index contributed by atoms with van der Waals surface area (Å²) in [6.07, 6.45) is 3.37. The van der Waals surface area contributed by atoms with Gasteiger partial charge in [0.25, 0.3) is 0 Å². The minimum atomic E-state index is -0.530. The summed E-state index contributed by atoms with van der Waals surface area (Å²) in [7, 11) is 1.59. The topological polar surface area (TPSA) is 42.4 Å². The molecular formula is C12H13NO2S. The van der Waals surface area contributed by atoms with Gasteiger partial charge in [-0.15, -0.1) is 0 Å². The molecule has 0 aromatic carbocycles. The molecule has 2 rings (SSSR count). The second kappa shape index (κ2) is 5.09. The van der Waals surface area contributed by atoms with Gasteiger partial charge in [0.2, 0.25) is 0 Å². The molecular weight excluding hydrogens is 222 g/mol. The van der Waals surface area contributed by atoms with E-state index in [-0.39, 0.29) is 0 Å². The van der Waals surface area contributed by atoms with Crippen LogP contribution in [0, 0.1) is 0 Å². The van der Waals surface area contributed by atoms with Crippen LogP contribution in [0.4, 0.5) is 0 Å². The molecule has 2 heterocycles. The number of thiophene rings is 1. The maximum atomic E-state index is 10.0. The number of pyridine rings is 1. The van der Waals surface area contributed by atoms with Crippen molar-refractivity contribution in [2.24, 2.45) is 0 Å². The standard InChI is InChI=1S/C12H13NO2S/c1-15-11-5-10(6-13-7-11)12(14)4-9-2-3-16-8-9/h2-3,5-8,12,14H,4H2,1H3. The summed E-state index contributed by atoms with van der Waals surface area (Å²) < 4.78 is 5.07. The molecule has 0 radical (unpaired) electrons. The number of nitrogens with zero attached hydrogens (tertiary/aromatic N) is 1. The molecule has 84 valence electrons. The van der Waals surface area contributed by atoms with Gasteiger partial charge in [0.05, 0.1) is 19.4 Å². The highest BCUT2D eigenvalue weighted by Gasteiger charge is 2.10. The number of aliphatic hydroxyl groups excluding tert-OH is 1. The molecule has 2 aromatic rings. The van der Waals surface area contributed by atoms with Gasteiger partial charge in [-0.3, -0.25) is 4.98 Å². The van der Waals surface area contributed by atoms with Crippen molar-refractivity contribution in [3.8, 4) is 5.75 Å². The fourth-order valence-electron chi connectivity index (χ4n) is 1.48. The predicted molar refractivity (Wildman–Crippen MR) is 63.8 cm³/mol. The van der Waals surface area contributed by atoms with E-state index in [1.54, 1.807) is 30.8 Å². The molecule has 0 saturated heterocycles. The summed E-state index contributed by atoms with van der Waals surface area (Å²) in [6.45, 7) is 0. The van der Waals surface area contributed by atoms with Crippen molar-refractivity contribution in [3.63, 3.8) is 0 Å². The van der Waals surface area contributed by atoms with Crippen molar-refractivity contribution in [2.45, 2.75) is 12.5 Å². The molecule has 0 saturated carbocycles. The van der Waals surface area contributed by atoms with Gasteiger partial charge in [0.15, 0.2) is 0 Å². The quantitative estimate of drug-likeness (QED) is 0.885. The van der Waals surface area contributed by atoms with Crippen molar-refractivity contribution >= 4 is 11.3 Å². The Labute approximate surface area is 98.4 Å². The number of aromatic nitrogens is 1. The van der Waals surface area contributed by atoms with Gasteiger partial charge >= 0.3 is 0 Å². The SMILES string of the molecule is COc1cncc(C(O)Cc2ccsc2)c1. The second-order valence-electron chi connectivity index (χ2n) is 3.51. The normalized spacial score (nSPS) is 12.4. The average Bonchev–Trinajstić information content (AvgIpc) is 2.82. The highest BCUT2D eigenvalue weighted by molar-refractivity contribution is 7.07. The number of aliphatic hydroxyl groups is 1. The monoisotopic (exact) mass is 235 g/mol. The number of hydrogen-bond acceptors (Lipinski definition) is 4. The maximum absolute atomic E-state index is 10.0. The Morgan fingerprint density at radius 3 is 3.06 bits per heavy atom. The Morgan fingerprint density at radius 2 is 2.38 bits per heavy atom. The molecule has 16 heavy (non-hydrogen) atoms. The lowest BCUT2D eigenvalue weighted by atomic mass is 10.1. The molecule has 0 aliphatic carbocycles. The van der Waals surface area contributed by atoms with Crippen LogP contribution in [-0.2, 0) is 6.42 Å². The van der Waals surface area contributed by atoms with Gasteiger partial charge in [-0.05, 0) is 28.5 Å². The lowest BCUT2D eigenvalue weighted by Crippen LogP contribution is -2.02. The maximum Gasteiger partial charge on any atom is 0.137 e. The number of ether oxygens (including phenoxy) is 1. The molecule has 4 heteroatoms.